The van der Waals surface area contributed by atoms with Crippen LogP contribution in [0.2, 0.25) is 0 Å². The maximum Gasteiger partial charge on any atom is 0.254 e. The van der Waals surface area contributed by atoms with Crippen LogP contribution in [0.3, 0.4) is 0 Å². The van der Waals surface area contributed by atoms with Crippen LogP contribution in [0.1, 0.15) is 16.8 Å². The zero-order valence-corrected chi connectivity index (χ0v) is 16.2. The van der Waals surface area contributed by atoms with Gasteiger partial charge < -0.3 is 30.2 Å². The maximum absolute atomic E-state index is 12.5. The number of nitrogens with one attached hydrogen (secondary N) is 3. The van der Waals surface area contributed by atoms with Gasteiger partial charge in [0.2, 0.25) is 17.6 Å². The summed E-state index contributed by atoms with van der Waals surface area (Å²) in [6, 6.07) is 8.76. The topological polar surface area (TPSA) is 115 Å². The Bertz CT molecular complexity index is 934. The first kappa shape index (κ1) is 20.0. The second-order valence-electron chi connectivity index (χ2n) is 6.23. The third kappa shape index (κ3) is 4.23. The average Bonchev–Trinajstić information content (AvgIpc) is 2.83. The predicted molar refractivity (Wildman–Crippen MR) is 106 cm³/mol. The van der Waals surface area contributed by atoms with Crippen LogP contribution in [0.5, 0.6) is 17.2 Å². The lowest BCUT2D eigenvalue weighted by Gasteiger charge is -2.16. The Balaban J connectivity index is 1.74. The third-order valence-electron chi connectivity index (χ3n) is 4.39. The molecule has 0 aromatic heterocycles. The standard InChI is InChI=1S/C20H21N3O6/c1-27-15-8-11(9-16(28-2)18(15)29-3)21-17(24)10-14-20(26)22-13-7-5-4-6-12(13)19(25)23-14/h4-9,14H,10H2,1-3H3,(H,21,24)(H,22,26)(H,23,25). The summed E-state index contributed by atoms with van der Waals surface area (Å²) in [7, 11) is 4.40. The molecule has 0 spiro atoms. The van der Waals surface area contributed by atoms with Gasteiger partial charge in [0.25, 0.3) is 5.91 Å². The van der Waals surface area contributed by atoms with Gasteiger partial charge in [0.15, 0.2) is 11.5 Å². The zero-order chi connectivity index (χ0) is 21.0. The highest BCUT2D eigenvalue weighted by atomic mass is 16.5. The minimum Gasteiger partial charge on any atom is -0.493 e. The number of anilines is 2. The van der Waals surface area contributed by atoms with Crippen molar-refractivity contribution in [1.29, 1.82) is 0 Å². The van der Waals surface area contributed by atoms with Crippen molar-refractivity contribution in [3.8, 4) is 17.2 Å². The van der Waals surface area contributed by atoms with Gasteiger partial charge in [0.1, 0.15) is 6.04 Å². The van der Waals surface area contributed by atoms with Crippen molar-refractivity contribution in [1.82, 2.24) is 5.32 Å². The monoisotopic (exact) mass is 399 g/mol. The molecule has 3 N–H and O–H groups in total. The number of methoxy groups -OCH3 is 3. The molecule has 1 heterocycles. The predicted octanol–water partition coefficient (Wildman–Crippen LogP) is 1.79. The lowest BCUT2D eigenvalue weighted by Crippen LogP contribution is -2.43. The number of benzene rings is 2. The molecule has 0 saturated heterocycles. The first-order valence-electron chi connectivity index (χ1n) is 8.77. The number of carbonyl (C=O) groups excluding carboxylic acids is 3. The molecule has 3 rings (SSSR count). The normalized spacial score (nSPS) is 15.3. The second-order valence-corrected chi connectivity index (χ2v) is 6.23. The molecule has 0 aliphatic carbocycles. The minimum absolute atomic E-state index is 0.248. The van der Waals surface area contributed by atoms with Crippen LogP contribution in [0, 0.1) is 0 Å². The fourth-order valence-corrected chi connectivity index (χ4v) is 3.01. The number of amides is 3. The van der Waals surface area contributed by atoms with E-state index in [9.17, 15) is 14.4 Å². The van der Waals surface area contributed by atoms with E-state index in [-0.39, 0.29) is 6.42 Å². The van der Waals surface area contributed by atoms with Crippen LogP contribution < -0.4 is 30.2 Å². The molecule has 3 amide bonds. The zero-order valence-electron chi connectivity index (χ0n) is 16.2. The fraction of sp³-hybridized carbons (Fsp3) is 0.250. The van der Waals surface area contributed by atoms with Crippen molar-refractivity contribution < 1.29 is 28.6 Å². The van der Waals surface area contributed by atoms with Gasteiger partial charge in [0, 0.05) is 17.8 Å². The summed E-state index contributed by atoms with van der Waals surface area (Å²) >= 11 is 0. The summed E-state index contributed by atoms with van der Waals surface area (Å²) < 4.78 is 15.8. The van der Waals surface area contributed by atoms with Crippen LogP contribution in [0.15, 0.2) is 36.4 Å². The fourth-order valence-electron chi connectivity index (χ4n) is 3.01. The number of rotatable bonds is 6. The first-order chi connectivity index (χ1) is 14.0. The Morgan fingerprint density at radius 2 is 1.69 bits per heavy atom. The number of ether oxygens (including phenoxy) is 3. The molecule has 1 aliphatic rings. The number of carbonyl (C=O) groups is 3. The Morgan fingerprint density at radius 1 is 1.03 bits per heavy atom. The van der Waals surface area contributed by atoms with Crippen LogP contribution in [-0.4, -0.2) is 45.1 Å². The molecule has 9 heteroatoms. The molecule has 0 fully saturated rings. The van der Waals surface area contributed by atoms with E-state index in [2.05, 4.69) is 16.0 Å². The van der Waals surface area contributed by atoms with Gasteiger partial charge in [0.05, 0.1) is 39.0 Å². The van der Waals surface area contributed by atoms with Gasteiger partial charge in [-0.15, -0.1) is 0 Å². The first-order valence-corrected chi connectivity index (χ1v) is 8.77. The smallest absolute Gasteiger partial charge is 0.254 e. The highest BCUT2D eigenvalue weighted by Crippen LogP contribution is 2.39. The summed E-state index contributed by atoms with van der Waals surface area (Å²) in [5.41, 5.74) is 1.14. The number of para-hydroxylation sites is 1. The average molecular weight is 399 g/mol. The molecule has 0 saturated carbocycles. The van der Waals surface area contributed by atoms with Crippen molar-refractivity contribution in [3.05, 3.63) is 42.0 Å². The van der Waals surface area contributed by atoms with Crippen molar-refractivity contribution in [2.75, 3.05) is 32.0 Å². The number of fused-ring (bicyclic) bond motifs is 1. The van der Waals surface area contributed by atoms with Crippen LogP contribution in [0.4, 0.5) is 11.4 Å². The van der Waals surface area contributed by atoms with Crippen molar-refractivity contribution in [3.63, 3.8) is 0 Å². The number of hydrogen-bond donors (Lipinski definition) is 3. The van der Waals surface area contributed by atoms with Crippen molar-refractivity contribution in [2.45, 2.75) is 12.5 Å². The van der Waals surface area contributed by atoms with Gasteiger partial charge in [-0.05, 0) is 12.1 Å². The lowest BCUT2D eigenvalue weighted by molar-refractivity contribution is -0.122. The Kier molecular flexibility index (Phi) is 5.87. The summed E-state index contributed by atoms with van der Waals surface area (Å²) in [6.07, 6.45) is -0.248. The van der Waals surface area contributed by atoms with Gasteiger partial charge in [-0.3, -0.25) is 14.4 Å². The highest BCUT2D eigenvalue weighted by Gasteiger charge is 2.29. The van der Waals surface area contributed by atoms with Crippen LogP contribution >= 0.6 is 0 Å². The molecule has 152 valence electrons. The van der Waals surface area contributed by atoms with Crippen LogP contribution in [0.25, 0.3) is 0 Å². The van der Waals surface area contributed by atoms with E-state index in [0.29, 0.717) is 34.2 Å². The third-order valence-corrected chi connectivity index (χ3v) is 4.39. The van der Waals surface area contributed by atoms with E-state index >= 15 is 0 Å². The molecule has 1 aliphatic heterocycles. The second kappa shape index (κ2) is 8.51. The molecular formula is C20H21N3O6. The van der Waals surface area contributed by atoms with E-state index in [1.54, 1.807) is 36.4 Å². The van der Waals surface area contributed by atoms with E-state index < -0.39 is 23.8 Å². The van der Waals surface area contributed by atoms with Gasteiger partial charge >= 0.3 is 0 Å². The van der Waals surface area contributed by atoms with Crippen molar-refractivity contribution in [2.24, 2.45) is 0 Å². The van der Waals surface area contributed by atoms with Crippen molar-refractivity contribution >= 4 is 29.1 Å². The molecule has 0 bridgehead atoms. The molecule has 9 nitrogen and oxygen atoms in total. The molecule has 29 heavy (non-hydrogen) atoms. The molecule has 2 aromatic rings. The maximum atomic E-state index is 12.5. The van der Waals surface area contributed by atoms with Crippen LogP contribution in [-0.2, 0) is 9.59 Å². The summed E-state index contributed by atoms with van der Waals surface area (Å²) in [5, 5.41) is 7.93. The van der Waals surface area contributed by atoms with E-state index in [1.807, 2.05) is 0 Å². The Hall–Kier alpha value is -3.75. The summed E-state index contributed by atoms with van der Waals surface area (Å²) in [5.74, 6) is -0.226. The molecule has 0 radical (unpaired) electrons. The SMILES string of the molecule is COc1cc(NC(=O)CC2NC(=O)c3ccccc3NC2=O)cc(OC)c1OC. The highest BCUT2D eigenvalue weighted by molar-refractivity contribution is 6.11. The molecule has 1 atom stereocenters. The Morgan fingerprint density at radius 3 is 2.31 bits per heavy atom. The summed E-state index contributed by atoms with van der Waals surface area (Å²) in [4.78, 5) is 37.3. The van der Waals surface area contributed by atoms with Gasteiger partial charge in [-0.25, -0.2) is 0 Å². The van der Waals surface area contributed by atoms with Gasteiger partial charge in [-0.2, -0.15) is 0 Å². The largest absolute Gasteiger partial charge is 0.493 e. The molecule has 1 unspecified atom stereocenters. The minimum atomic E-state index is -1.02. The molecule has 2 aromatic carbocycles. The summed E-state index contributed by atoms with van der Waals surface area (Å²) in [6.45, 7) is 0. The van der Waals surface area contributed by atoms with Gasteiger partial charge in [-0.1, -0.05) is 12.1 Å². The van der Waals surface area contributed by atoms with E-state index in [0.717, 1.165) is 0 Å². The molecular weight excluding hydrogens is 378 g/mol. The number of hydrogen-bond acceptors (Lipinski definition) is 6. The van der Waals surface area contributed by atoms with E-state index in [4.69, 9.17) is 14.2 Å². The van der Waals surface area contributed by atoms with E-state index in [1.165, 1.54) is 21.3 Å². The quantitative estimate of drug-likeness (QED) is 0.682. The lowest BCUT2D eigenvalue weighted by atomic mass is 10.1. The Labute approximate surface area is 167 Å².